The van der Waals surface area contributed by atoms with Gasteiger partial charge in [-0.1, -0.05) is 50.1 Å². The van der Waals surface area contributed by atoms with Crippen LogP contribution in [0.25, 0.3) is 0 Å². The number of rotatable bonds is 11. The normalized spacial score (nSPS) is 13.3. The summed E-state index contributed by atoms with van der Waals surface area (Å²) in [6.45, 7) is 12.4. The number of thiocarbonyl (C=S) groups is 1. The minimum absolute atomic E-state index is 0.190. The molecule has 0 radical (unpaired) electrons. The first-order valence-corrected chi connectivity index (χ1v) is 12.2. The first-order valence-electron chi connectivity index (χ1n) is 11.4. The van der Waals surface area contributed by atoms with E-state index in [1.807, 2.05) is 48.5 Å². The van der Waals surface area contributed by atoms with Crippen molar-refractivity contribution in [2.24, 2.45) is 5.92 Å². The van der Waals surface area contributed by atoms with E-state index in [-0.39, 0.29) is 11.6 Å². The van der Waals surface area contributed by atoms with E-state index < -0.39 is 0 Å². The fraction of sp³-hybridized carbons (Fsp3) is 0.500. The molecule has 0 spiro atoms. The van der Waals surface area contributed by atoms with Gasteiger partial charge in [-0.05, 0) is 74.8 Å². The fourth-order valence-electron chi connectivity index (χ4n) is 3.26. The maximum absolute atomic E-state index is 6.49. The van der Waals surface area contributed by atoms with Gasteiger partial charge in [0.05, 0.1) is 19.4 Å². The van der Waals surface area contributed by atoms with E-state index in [1.165, 1.54) is 0 Å². The zero-order valence-corrected chi connectivity index (χ0v) is 22.2. The van der Waals surface area contributed by atoms with Crippen LogP contribution in [0.4, 0.5) is 5.69 Å². The molecule has 0 aliphatic carbocycles. The summed E-state index contributed by atoms with van der Waals surface area (Å²) >= 11 is 12.3. The second-order valence-electron chi connectivity index (χ2n) is 9.23. The third kappa shape index (κ3) is 9.49. The van der Waals surface area contributed by atoms with Gasteiger partial charge in [0.1, 0.15) is 5.75 Å². The average Bonchev–Trinajstić information content (AvgIpc) is 2.78. The molecule has 182 valence electrons. The van der Waals surface area contributed by atoms with E-state index in [0.717, 1.165) is 35.0 Å². The molecule has 0 bridgehead atoms. The monoisotopic (exact) mass is 491 g/mol. The maximum atomic E-state index is 6.49. The first kappa shape index (κ1) is 27.4. The minimum atomic E-state index is -0.199. The second kappa shape index (κ2) is 13.1. The zero-order chi connectivity index (χ0) is 24.4. The summed E-state index contributed by atoms with van der Waals surface area (Å²) < 4.78 is 11.2. The van der Waals surface area contributed by atoms with Crippen LogP contribution in [0.3, 0.4) is 0 Å². The standard InChI is InChI=1S/C26H38ClN3O2S/c1-7-19(2)24(28-18-32-26(3,4)5)17-30(16-20-10-8-9-11-23(20)27)25(33)29-21-12-14-22(31-6)15-13-21/h8-15,19,24,28H,7,16-18H2,1-6H3,(H,29,33). The van der Waals surface area contributed by atoms with Crippen LogP contribution in [0.5, 0.6) is 5.75 Å². The third-order valence-corrected chi connectivity index (χ3v) is 6.28. The van der Waals surface area contributed by atoms with Gasteiger partial charge in [0.25, 0.3) is 0 Å². The van der Waals surface area contributed by atoms with Crippen molar-refractivity contribution in [3.8, 4) is 5.75 Å². The van der Waals surface area contributed by atoms with Gasteiger partial charge in [0.15, 0.2) is 5.11 Å². The zero-order valence-electron chi connectivity index (χ0n) is 20.7. The molecule has 0 amide bonds. The molecule has 0 saturated heterocycles. The predicted molar refractivity (Wildman–Crippen MR) is 143 cm³/mol. The highest BCUT2D eigenvalue weighted by atomic mass is 35.5. The summed E-state index contributed by atoms with van der Waals surface area (Å²) in [5, 5.41) is 8.35. The molecule has 0 aromatic heterocycles. The van der Waals surface area contributed by atoms with Crippen molar-refractivity contribution < 1.29 is 9.47 Å². The third-order valence-electron chi connectivity index (χ3n) is 5.55. The van der Waals surface area contributed by atoms with E-state index in [1.54, 1.807) is 7.11 Å². The number of ether oxygens (including phenoxy) is 2. The summed E-state index contributed by atoms with van der Waals surface area (Å²) in [6.07, 6.45) is 1.05. The lowest BCUT2D eigenvalue weighted by Gasteiger charge is -2.34. The lowest BCUT2D eigenvalue weighted by Crippen LogP contribution is -2.49. The molecule has 7 heteroatoms. The molecule has 0 aliphatic rings. The highest BCUT2D eigenvalue weighted by molar-refractivity contribution is 7.80. The van der Waals surface area contributed by atoms with Crippen molar-refractivity contribution in [1.82, 2.24) is 10.2 Å². The van der Waals surface area contributed by atoms with E-state index in [2.05, 4.69) is 50.2 Å². The molecule has 2 aromatic rings. The molecule has 0 fully saturated rings. The van der Waals surface area contributed by atoms with Crippen LogP contribution in [-0.4, -0.2) is 42.0 Å². The van der Waals surface area contributed by atoms with Gasteiger partial charge in [0.2, 0.25) is 0 Å². The number of anilines is 1. The topological polar surface area (TPSA) is 45.8 Å². The lowest BCUT2D eigenvalue weighted by molar-refractivity contribution is -0.0205. The number of benzene rings is 2. The largest absolute Gasteiger partial charge is 0.497 e. The number of nitrogens with one attached hydrogen (secondary N) is 2. The van der Waals surface area contributed by atoms with Gasteiger partial charge in [-0.3, -0.25) is 5.32 Å². The van der Waals surface area contributed by atoms with Crippen molar-refractivity contribution in [3.05, 3.63) is 59.1 Å². The summed E-state index contributed by atoms with van der Waals surface area (Å²) in [6, 6.07) is 15.8. The molecule has 2 unspecified atom stereocenters. The van der Waals surface area contributed by atoms with Gasteiger partial charge < -0.3 is 19.7 Å². The van der Waals surface area contributed by atoms with E-state index in [9.17, 15) is 0 Å². The molecule has 2 N–H and O–H groups in total. The van der Waals surface area contributed by atoms with Crippen molar-refractivity contribution in [2.75, 3.05) is 25.7 Å². The molecule has 2 aromatic carbocycles. The Morgan fingerprint density at radius 1 is 1.12 bits per heavy atom. The van der Waals surface area contributed by atoms with Gasteiger partial charge in [-0.15, -0.1) is 0 Å². The van der Waals surface area contributed by atoms with Gasteiger partial charge in [0, 0.05) is 29.8 Å². The maximum Gasteiger partial charge on any atom is 0.173 e. The predicted octanol–water partition coefficient (Wildman–Crippen LogP) is 6.32. The molecule has 0 aliphatic heterocycles. The molecule has 2 atom stereocenters. The number of methoxy groups -OCH3 is 1. The summed E-state index contributed by atoms with van der Waals surface area (Å²) in [5.74, 6) is 1.24. The Morgan fingerprint density at radius 3 is 2.36 bits per heavy atom. The second-order valence-corrected chi connectivity index (χ2v) is 10.0. The Hall–Kier alpha value is -1.86. The Morgan fingerprint density at radius 2 is 1.79 bits per heavy atom. The fourth-order valence-corrected chi connectivity index (χ4v) is 3.71. The highest BCUT2D eigenvalue weighted by Gasteiger charge is 2.23. The summed E-state index contributed by atoms with van der Waals surface area (Å²) in [7, 11) is 1.66. The number of nitrogens with zero attached hydrogens (tertiary/aromatic N) is 1. The minimum Gasteiger partial charge on any atom is -0.497 e. The first-order chi connectivity index (χ1) is 15.6. The van der Waals surface area contributed by atoms with Crippen LogP contribution in [-0.2, 0) is 11.3 Å². The molecule has 2 rings (SSSR count). The smallest absolute Gasteiger partial charge is 0.173 e. The lowest BCUT2D eigenvalue weighted by atomic mass is 9.98. The van der Waals surface area contributed by atoms with Crippen LogP contribution in [0.1, 0.15) is 46.6 Å². The quantitative estimate of drug-likeness (QED) is 0.283. The Bertz CT molecular complexity index is 871. The molecule has 33 heavy (non-hydrogen) atoms. The molecule has 0 heterocycles. The Labute approximate surface area is 209 Å². The van der Waals surface area contributed by atoms with Crippen LogP contribution in [0.2, 0.25) is 5.02 Å². The van der Waals surface area contributed by atoms with Crippen LogP contribution in [0.15, 0.2) is 48.5 Å². The summed E-state index contributed by atoms with van der Waals surface area (Å²) in [4.78, 5) is 2.17. The molecule has 0 saturated carbocycles. The van der Waals surface area contributed by atoms with Crippen LogP contribution in [0, 0.1) is 5.92 Å². The Balaban J connectivity index is 2.21. The van der Waals surface area contributed by atoms with Crippen LogP contribution < -0.4 is 15.4 Å². The molecule has 5 nitrogen and oxygen atoms in total. The van der Waals surface area contributed by atoms with Crippen molar-refractivity contribution in [1.29, 1.82) is 0 Å². The van der Waals surface area contributed by atoms with Crippen LogP contribution >= 0.6 is 23.8 Å². The summed E-state index contributed by atoms with van der Waals surface area (Å²) in [5.41, 5.74) is 1.75. The van der Waals surface area contributed by atoms with Gasteiger partial charge >= 0.3 is 0 Å². The highest BCUT2D eigenvalue weighted by Crippen LogP contribution is 2.21. The van der Waals surface area contributed by atoms with Gasteiger partial charge in [-0.25, -0.2) is 0 Å². The molecular weight excluding hydrogens is 454 g/mol. The van der Waals surface area contributed by atoms with E-state index >= 15 is 0 Å². The Kier molecular flexibility index (Phi) is 10.9. The van der Waals surface area contributed by atoms with Crippen molar-refractivity contribution in [2.45, 2.75) is 59.2 Å². The number of hydrogen-bond acceptors (Lipinski definition) is 4. The molecular formula is C26H38ClN3O2S. The van der Waals surface area contributed by atoms with Gasteiger partial charge in [-0.2, -0.15) is 0 Å². The van der Waals surface area contributed by atoms with E-state index in [0.29, 0.717) is 24.3 Å². The van der Waals surface area contributed by atoms with E-state index in [4.69, 9.17) is 33.3 Å². The number of hydrogen-bond donors (Lipinski definition) is 2. The average molecular weight is 492 g/mol. The number of halogens is 1. The van der Waals surface area contributed by atoms with Crippen molar-refractivity contribution in [3.63, 3.8) is 0 Å². The SMILES string of the molecule is CCC(C)C(CN(Cc1ccccc1Cl)C(=S)Nc1ccc(OC)cc1)NCOC(C)(C)C. The van der Waals surface area contributed by atoms with Crippen molar-refractivity contribution >= 4 is 34.6 Å².